The number of anilines is 1. The molecule has 0 aromatic heterocycles. The van der Waals surface area contributed by atoms with Gasteiger partial charge in [0, 0.05) is 44.9 Å². The number of hydrogen-bond donors (Lipinski definition) is 0. The van der Waals surface area contributed by atoms with E-state index < -0.39 is 0 Å². The molecule has 0 bridgehead atoms. The smallest absolute Gasteiger partial charge is 0.228 e. The number of nitrogens with zero attached hydrogens (tertiary/aromatic N) is 3. The van der Waals surface area contributed by atoms with E-state index in [1.165, 1.54) is 45.2 Å². The van der Waals surface area contributed by atoms with Crippen LogP contribution in [0.5, 0.6) is 0 Å². The molecule has 30 heavy (non-hydrogen) atoms. The summed E-state index contributed by atoms with van der Waals surface area (Å²) in [5, 5.41) is 0. The Morgan fingerprint density at radius 2 is 1.93 bits per heavy atom. The van der Waals surface area contributed by atoms with Crippen molar-refractivity contribution in [1.29, 1.82) is 0 Å². The average Bonchev–Trinajstić information content (AvgIpc) is 3.18. The highest BCUT2D eigenvalue weighted by Gasteiger charge is 2.39. The summed E-state index contributed by atoms with van der Waals surface area (Å²) in [5.74, 6) is 0.428. The number of piperidine rings is 2. The number of ether oxygens (including phenoxy) is 1. The average molecular weight is 414 g/mol. The van der Waals surface area contributed by atoms with E-state index in [0.29, 0.717) is 38.1 Å². The molecule has 3 unspecified atom stereocenters. The van der Waals surface area contributed by atoms with Gasteiger partial charge in [0.15, 0.2) is 0 Å². The van der Waals surface area contributed by atoms with Crippen molar-refractivity contribution in [2.45, 2.75) is 44.6 Å². The highest BCUT2D eigenvalue weighted by atomic mass is 16.5. The fourth-order valence-corrected chi connectivity index (χ4v) is 5.55. The van der Waals surface area contributed by atoms with Crippen molar-refractivity contribution >= 4 is 17.5 Å². The van der Waals surface area contributed by atoms with Gasteiger partial charge in [0.1, 0.15) is 0 Å². The first kappa shape index (κ1) is 21.3. The zero-order valence-electron chi connectivity index (χ0n) is 18.2. The van der Waals surface area contributed by atoms with Gasteiger partial charge in [-0.3, -0.25) is 9.59 Å². The number of para-hydroxylation sites is 1. The summed E-state index contributed by atoms with van der Waals surface area (Å²) < 4.78 is 5.31. The molecule has 0 radical (unpaired) electrons. The molecule has 3 heterocycles. The third-order valence-corrected chi connectivity index (χ3v) is 7.10. The highest BCUT2D eigenvalue weighted by molar-refractivity contribution is 6.00. The van der Waals surface area contributed by atoms with Crippen LogP contribution in [-0.2, 0) is 14.3 Å². The van der Waals surface area contributed by atoms with Gasteiger partial charge in [-0.2, -0.15) is 0 Å². The molecule has 3 aliphatic rings. The van der Waals surface area contributed by atoms with E-state index in [2.05, 4.69) is 4.90 Å². The summed E-state index contributed by atoms with van der Waals surface area (Å²) >= 11 is 0. The number of hydrogen-bond acceptors (Lipinski definition) is 4. The molecule has 3 atom stereocenters. The predicted molar refractivity (Wildman–Crippen MR) is 117 cm³/mol. The molecule has 2 amide bonds. The zero-order chi connectivity index (χ0) is 20.9. The molecule has 0 saturated carbocycles. The maximum atomic E-state index is 13.5. The fraction of sp³-hybridized carbons (Fsp3) is 0.667. The molecular formula is C24H35N3O3. The number of amides is 2. The van der Waals surface area contributed by atoms with E-state index in [1.807, 2.05) is 35.2 Å². The monoisotopic (exact) mass is 413 g/mol. The Balaban J connectivity index is 1.44. The van der Waals surface area contributed by atoms with Crippen molar-refractivity contribution in [3.8, 4) is 0 Å². The molecule has 0 aliphatic carbocycles. The van der Waals surface area contributed by atoms with E-state index >= 15 is 0 Å². The normalized spacial score (nSPS) is 27.2. The van der Waals surface area contributed by atoms with Gasteiger partial charge < -0.3 is 19.4 Å². The van der Waals surface area contributed by atoms with E-state index in [1.54, 1.807) is 12.0 Å². The second-order valence-electron chi connectivity index (χ2n) is 9.02. The third kappa shape index (κ3) is 4.70. The van der Waals surface area contributed by atoms with Crippen LogP contribution in [-0.4, -0.2) is 74.1 Å². The molecule has 3 saturated heterocycles. The van der Waals surface area contributed by atoms with Crippen molar-refractivity contribution in [3.63, 3.8) is 0 Å². The lowest BCUT2D eigenvalue weighted by Gasteiger charge is -2.46. The largest absolute Gasteiger partial charge is 0.383 e. The van der Waals surface area contributed by atoms with Gasteiger partial charge in [0.25, 0.3) is 0 Å². The second-order valence-corrected chi connectivity index (χ2v) is 9.02. The lowest BCUT2D eigenvalue weighted by Crippen LogP contribution is -2.52. The van der Waals surface area contributed by atoms with Crippen LogP contribution in [0.15, 0.2) is 30.3 Å². The molecule has 0 N–H and O–H groups in total. The molecule has 6 nitrogen and oxygen atoms in total. The standard InChI is InChI=1S/C24H35N3O3/c1-30-15-14-26(17-19-8-7-13-25-12-6-5-11-22(19)25)24(29)20-16-23(28)27(18-20)21-9-3-2-4-10-21/h2-4,9-10,19-20,22H,5-8,11-18H2,1H3. The Hall–Kier alpha value is -1.92. The minimum Gasteiger partial charge on any atom is -0.383 e. The number of carbonyl (C=O) groups excluding carboxylic acids is 2. The van der Waals surface area contributed by atoms with Crippen LogP contribution in [0.2, 0.25) is 0 Å². The SMILES string of the molecule is COCCN(CC1CCCN2CCCCC12)C(=O)C1CC(=O)N(c2ccccc2)C1. The van der Waals surface area contributed by atoms with E-state index in [9.17, 15) is 9.59 Å². The van der Waals surface area contributed by atoms with Gasteiger partial charge in [0.05, 0.1) is 12.5 Å². The van der Waals surface area contributed by atoms with Gasteiger partial charge in [-0.15, -0.1) is 0 Å². The molecule has 1 aromatic rings. The van der Waals surface area contributed by atoms with E-state index in [-0.39, 0.29) is 17.7 Å². The lowest BCUT2D eigenvalue weighted by molar-refractivity contribution is -0.137. The van der Waals surface area contributed by atoms with Gasteiger partial charge >= 0.3 is 0 Å². The minimum absolute atomic E-state index is 0.0439. The molecule has 3 aliphatic heterocycles. The topological polar surface area (TPSA) is 53.1 Å². The number of carbonyl (C=O) groups is 2. The Labute approximate surface area is 180 Å². The first-order valence-corrected chi connectivity index (χ1v) is 11.5. The van der Waals surface area contributed by atoms with E-state index in [0.717, 1.165) is 12.2 Å². The van der Waals surface area contributed by atoms with Gasteiger partial charge in [0.2, 0.25) is 11.8 Å². The highest BCUT2D eigenvalue weighted by Crippen LogP contribution is 2.32. The third-order valence-electron chi connectivity index (χ3n) is 7.10. The fourth-order valence-electron chi connectivity index (χ4n) is 5.55. The summed E-state index contributed by atoms with van der Waals surface area (Å²) in [6.07, 6.45) is 6.56. The summed E-state index contributed by atoms with van der Waals surface area (Å²) in [5.41, 5.74) is 0.881. The predicted octanol–water partition coefficient (Wildman–Crippen LogP) is 2.78. The summed E-state index contributed by atoms with van der Waals surface area (Å²) in [6, 6.07) is 10.3. The Bertz CT molecular complexity index is 724. The van der Waals surface area contributed by atoms with Crippen LogP contribution in [0.4, 0.5) is 5.69 Å². The van der Waals surface area contributed by atoms with Crippen molar-refractivity contribution in [2.75, 3.05) is 51.3 Å². The van der Waals surface area contributed by atoms with Gasteiger partial charge in [-0.05, 0) is 56.8 Å². The minimum atomic E-state index is -0.263. The van der Waals surface area contributed by atoms with Crippen LogP contribution in [0.3, 0.4) is 0 Å². The molecule has 4 rings (SSSR count). The van der Waals surface area contributed by atoms with E-state index in [4.69, 9.17) is 4.74 Å². The summed E-state index contributed by atoms with van der Waals surface area (Å²) in [6.45, 7) is 4.82. The van der Waals surface area contributed by atoms with Crippen LogP contribution >= 0.6 is 0 Å². The Morgan fingerprint density at radius 3 is 2.73 bits per heavy atom. The van der Waals surface area contributed by atoms with Crippen molar-refractivity contribution in [1.82, 2.24) is 9.80 Å². The molecule has 6 heteroatoms. The number of benzene rings is 1. The maximum absolute atomic E-state index is 13.5. The van der Waals surface area contributed by atoms with Crippen molar-refractivity contribution in [3.05, 3.63) is 30.3 Å². The van der Waals surface area contributed by atoms with Crippen LogP contribution in [0, 0.1) is 11.8 Å². The summed E-state index contributed by atoms with van der Waals surface area (Å²) in [7, 11) is 1.68. The molecular weight excluding hydrogens is 378 g/mol. The first-order valence-electron chi connectivity index (χ1n) is 11.5. The van der Waals surface area contributed by atoms with Crippen LogP contribution < -0.4 is 4.90 Å². The Morgan fingerprint density at radius 1 is 1.13 bits per heavy atom. The van der Waals surface area contributed by atoms with Gasteiger partial charge in [-0.25, -0.2) is 0 Å². The second kappa shape index (κ2) is 9.92. The van der Waals surface area contributed by atoms with Crippen LogP contribution in [0.1, 0.15) is 38.5 Å². The number of rotatable bonds is 7. The quantitative estimate of drug-likeness (QED) is 0.690. The number of methoxy groups -OCH3 is 1. The maximum Gasteiger partial charge on any atom is 0.228 e. The molecule has 164 valence electrons. The van der Waals surface area contributed by atoms with Gasteiger partial charge in [-0.1, -0.05) is 24.6 Å². The molecule has 3 fully saturated rings. The lowest BCUT2D eigenvalue weighted by atomic mass is 9.83. The van der Waals surface area contributed by atoms with Crippen molar-refractivity contribution in [2.24, 2.45) is 11.8 Å². The Kier molecular flexibility index (Phi) is 7.05. The molecule has 1 aromatic carbocycles. The number of fused-ring (bicyclic) bond motifs is 1. The molecule has 0 spiro atoms. The zero-order valence-corrected chi connectivity index (χ0v) is 18.2. The first-order chi connectivity index (χ1) is 14.7. The van der Waals surface area contributed by atoms with Crippen molar-refractivity contribution < 1.29 is 14.3 Å². The van der Waals surface area contributed by atoms with Crippen LogP contribution in [0.25, 0.3) is 0 Å². The summed E-state index contributed by atoms with van der Waals surface area (Å²) in [4.78, 5) is 32.5.